The first-order valence-electron chi connectivity index (χ1n) is 9.76. The van der Waals surface area contributed by atoms with E-state index >= 15 is 0 Å². The Hall–Kier alpha value is -2.67. The fourth-order valence-electron chi connectivity index (χ4n) is 3.78. The summed E-state index contributed by atoms with van der Waals surface area (Å²) in [5.41, 5.74) is 2.54. The molecule has 0 saturated carbocycles. The average molecular weight is 397 g/mol. The molecule has 1 aliphatic carbocycles. The second-order valence-corrected chi connectivity index (χ2v) is 8.15. The molecule has 1 aromatic carbocycles. The number of nitrogens with one attached hydrogen (secondary N) is 2. The zero-order chi connectivity index (χ0) is 19.7. The van der Waals surface area contributed by atoms with Crippen LogP contribution in [0.25, 0.3) is 10.2 Å². The normalized spacial score (nSPS) is 13.4. The first-order valence-corrected chi connectivity index (χ1v) is 10.6. The summed E-state index contributed by atoms with van der Waals surface area (Å²) in [5, 5.41) is 6.70. The molecule has 2 aromatic heterocycles. The molecule has 2 N–H and O–H groups in total. The molecule has 1 aliphatic rings. The molecule has 28 heavy (non-hydrogen) atoms. The molecule has 7 heteroatoms. The van der Waals surface area contributed by atoms with E-state index in [9.17, 15) is 9.59 Å². The number of anilines is 2. The topological polar surface area (TPSA) is 76.0 Å². The summed E-state index contributed by atoms with van der Waals surface area (Å²) < 4.78 is 1.73. The third-order valence-corrected chi connectivity index (χ3v) is 6.32. The highest BCUT2D eigenvalue weighted by Crippen LogP contribution is 2.34. The zero-order valence-corrected chi connectivity index (χ0v) is 17.0. The van der Waals surface area contributed by atoms with Crippen LogP contribution in [0.2, 0.25) is 0 Å². The van der Waals surface area contributed by atoms with Gasteiger partial charge in [0.05, 0.1) is 5.39 Å². The first-order chi connectivity index (χ1) is 13.6. The number of carbonyl (C=O) groups is 1. The average Bonchev–Trinajstić information content (AvgIpc) is 3.09. The number of aromatic nitrogens is 2. The highest BCUT2D eigenvalue weighted by Gasteiger charge is 2.22. The molecule has 0 unspecified atom stereocenters. The number of hydrogen-bond donors (Lipinski definition) is 2. The fourth-order valence-corrected chi connectivity index (χ4v) is 5.03. The second kappa shape index (κ2) is 7.75. The second-order valence-electron chi connectivity index (χ2n) is 7.07. The van der Waals surface area contributed by atoms with Gasteiger partial charge in [0.2, 0.25) is 5.95 Å². The van der Waals surface area contributed by atoms with Crippen molar-refractivity contribution in [2.24, 2.45) is 0 Å². The van der Waals surface area contributed by atoms with Crippen molar-refractivity contribution in [2.45, 2.75) is 45.6 Å². The zero-order valence-electron chi connectivity index (χ0n) is 16.2. The van der Waals surface area contributed by atoms with Crippen LogP contribution < -0.4 is 16.2 Å². The molecule has 146 valence electrons. The van der Waals surface area contributed by atoms with Gasteiger partial charge in [0.1, 0.15) is 4.83 Å². The van der Waals surface area contributed by atoms with Gasteiger partial charge >= 0.3 is 0 Å². The lowest BCUT2D eigenvalue weighted by molar-refractivity contribution is 0.0963. The SMILES string of the molecule is CCCn1c(Nc2cccc(C(=O)NC)c2)nc2sc3c(c2c1=O)CCCC3. The maximum atomic E-state index is 13.3. The largest absolute Gasteiger partial charge is 0.355 e. The van der Waals surface area contributed by atoms with E-state index in [1.807, 2.05) is 12.1 Å². The maximum Gasteiger partial charge on any atom is 0.263 e. The number of fused-ring (bicyclic) bond motifs is 3. The number of amides is 1. The Balaban J connectivity index is 1.81. The minimum Gasteiger partial charge on any atom is -0.355 e. The van der Waals surface area contributed by atoms with Crippen molar-refractivity contribution in [3.05, 3.63) is 50.6 Å². The van der Waals surface area contributed by atoms with E-state index in [1.54, 1.807) is 35.1 Å². The van der Waals surface area contributed by atoms with Crippen molar-refractivity contribution < 1.29 is 4.79 Å². The Bertz CT molecular complexity index is 1100. The smallest absolute Gasteiger partial charge is 0.263 e. The molecular weight excluding hydrogens is 372 g/mol. The molecular formula is C21H24N4O2S. The van der Waals surface area contributed by atoms with Gasteiger partial charge in [0.15, 0.2) is 0 Å². The summed E-state index contributed by atoms with van der Waals surface area (Å²) in [4.78, 5) is 32.2. The number of aryl methyl sites for hydroxylation is 2. The minimum absolute atomic E-state index is 0.0382. The number of hydrogen-bond acceptors (Lipinski definition) is 5. The molecule has 4 rings (SSSR count). The van der Waals surface area contributed by atoms with Gasteiger partial charge in [-0.05, 0) is 55.9 Å². The summed E-state index contributed by atoms with van der Waals surface area (Å²) in [6.07, 6.45) is 5.17. The van der Waals surface area contributed by atoms with Gasteiger partial charge in [-0.1, -0.05) is 13.0 Å². The molecule has 0 spiro atoms. The number of carbonyl (C=O) groups excluding carboxylic acids is 1. The molecule has 0 saturated heterocycles. The lowest BCUT2D eigenvalue weighted by Gasteiger charge is -2.14. The summed E-state index contributed by atoms with van der Waals surface area (Å²) in [7, 11) is 1.61. The Morgan fingerprint density at radius 3 is 2.89 bits per heavy atom. The van der Waals surface area contributed by atoms with Crippen LogP contribution in [0.1, 0.15) is 47.0 Å². The highest BCUT2D eigenvalue weighted by atomic mass is 32.1. The molecule has 0 atom stereocenters. The number of thiophene rings is 1. The van der Waals surface area contributed by atoms with E-state index in [2.05, 4.69) is 17.6 Å². The van der Waals surface area contributed by atoms with Crippen LogP contribution in [0.4, 0.5) is 11.6 Å². The van der Waals surface area contributed by atoms with Crippen LogP contribution in [0, 0.1) is 0 Å². The van der Waals surface area contributed by atoms with Crippen molar-refractivity contribution in [3.8, 4) is 0 Å². The molecule has 0 aliphatic heterocycles. The third kappa shape index (κ3) is 3.30. The van der Waals surface area contributed by atoms with Crippen LogP contribution in [0.3, 0.4) is 0 Å². The number of rotatable bonds is 5. The highest BCUT2D eigenvalue weighted by molar-refractivity contribution is 7.18. The number of nitrogens with zero attached hydrogens (tertiary/aromatic N) is 2. The fraction of sp³-hybridized carbons (Fsp3) is 0.381. The molecule has 3 aromatic rings. The van der Waals surface area contributed by atoms with E-state index in [1.165, 1.54) is 16.9 Å². The monoisotopic (exact) mass is 396 g/mol. The quantitative estimate of drug-likeness (QED) is 0.687. The van der Waals surface area contributed by atoms with Gasteiger partial charge in [0, 0.05) is 29.7 Å². The molecule has 1 amide bonds. The first kappa shape index (κ1) is 18.7. The predicted molar refractivity (Wildman–Crippen MR) is 114 cm³/mol. The van der Waals surface area contributed by atoms with Gasteiger partial charge in [-0.15, -0.1) is 11.3 Å². The number of benzene rings is 1. The Morgan fingerprint density at radius 1 is 1.29 bits per heavy atom. The molecule has 0 fully saturated rings. The third-order valence-electron chi connectivity index (χ3n) is 5.13. The van der Waals surface area contributed by atoms with Crippen molar-refractivity contribution in [3.63, 3.8) is 0 Å². The van der Waals surface area contributed by atoms with Crippen molar-refractivity contribution >= 4 is 39.1 Å². The van der Waals surface area contributed by atoms with Gasteiger partial charge in [-0.2, -0.15) is 0 Å². The van der Waals surface area contributed by atoms with Gasteiger partial charge in [0.25, 0.3) is 11.5 Å². The maximum absolute atomic E-state index is 13.3. The van der Waals surface area contributed by atoms with E-state index < -0.39 is 0 Å². The van der Waals surface area contributed by atoms with Crippen LogP contribution >= 0.6 is 11.3 Å². The summed E-state index contributed by atoms with van der Waals surface area (Å²) >= 11 is 1.65. The van der Waals surface area contributed by atoms with Crippen LogP contribution in [0.5, 0.6) is 0 Å². The summed E-state index contributed by atoms with van der Waals surface area (Å²) in [6, 6.07) is 7.22. The van der Waals surface area contributed by atoms with Crippen LogP contribution in [-0.2, 0) is 19.4 Å². The van der Waals surface area contributed by atoms with Gasteiger partial charge < -0.3 is 10.6 Å². The van der Waals surface area contributed by atoms with Crippen molar-refractivity contribution in [1.29, 1.82) is 0 Å². The van der Waals surface area contributed by atoms with Crippen LogP contribution in [-0.4, -0.2) is 22.5 Å². The van der Waals surface area contributed by atoms with E-state index in [0.717, 1.165) is 41.6 Å². The molecule has 0 bridgehead atoms. The lowest BCUT2D eigenvalue weighted by atomic mass is 9.97. The van der Waals surface area contributed by atoms with Crippen LogP contribution in [0.15, 0.2) is 29.1 Å². The summed E-state index contributed by atoms with van der Waals surface area (Å²) in [6.45, 7) is 2.65. The molecule has 2 heterocycles. The lowest BCUT2D eigenvalue weighted by Crippen LogP contribution is -2.24. The minimum atomic E-state index is -0.149. The van der Waals surface area contributed by atoms with E-state index in [-0.39, 0.29) is 11.5 Å². The van der Waals surface area contributed by atoms with Gasteiger partial charge in [-0.25, -0.2) is 4.98 Å². The van der Waals surface area contributed by atoms with E-state index in [0.29, 0.717) is 18.1 Å². The molecule has 0 radical (unpaired) electrons. The predicted octanol–water partition coefficient (Wildman–Crippen LogP) is 3.85. The Morgan fingerprint density at radius 2 is 2.11 bits per heavy atom. The molecule has 6 nitrogen and oxygen atoms in total. The van der Waals surface area contributed by atoms with Crippen molar-refractivity contribution in [2.75, 3.05) is 12.4 Å². The van der Waals surface area contributed by atoms with E-state index in [4.69, 9.17) is 4.98 Å². The van der Waals surface area contributed by atoms with Crippen molar-refractivity contribution in [1.82, 2.24) is 14.9 Å². The standard InChI is InChI=1S/C21H24N4O2S/c1-3-11-25-20(27)17-15-9-4-5-10-16(15)28-19(17)24-21(25)23-14-8-6-7-13(12-14)18(26)22-2/h6-8,12H,3-5,9-11H2,1-2H3,(H,22,26)(H,23,24). The Kier molecular flexibility index (Phi) is 5.17. The summed E-state index contributed by atoms with van der Waals surface area (Å²) in [5.74, 6) is 0.385. The Labute approximate surface area is 167 Å². The van der Waals surface area contributed by atoms with Gasteiger partial charge in [-0.3, -0.25) is 14.2 Å².